The van der Waals surface area contributed by atoms with E-state index >= 15 is 0 Å². The van der Waals surface area contributed by atoms with Gasteiger partial charge in [0, 0.05) is 11.9 Å². The van der Waals surface area contributed by atoms with E-state index in [1.807, 2.05) is 31.2 Å². The number of aryl methyl sites for hydroxylation is 1. The van der Waals surface area contributed by atoms with Gasteiger partial charge in [-0.2, -0.15) is 0 Å². The molecule has 0 aliphatic rings. The Bertz CT molecular complexity index is 746. The Labute approximate surface area is 161 Å². The summed E-state index contributed by atoms with van der Waals surface area (Å²) in [6.45, 7) is 1.94. The zero-order valence-electron chi connectivity index (χ0n) is 13.9. The summed E-state index contributed by atoms with van der Waals surface area (Å²) in [5.41, 5.74) is 1.52. The summed E-state index contributed by atoms with van der Waals surface area (Å²) in [5.74, 6) is -0.225. The molecule has 0 heterocycles. The maximum absolute atomic E-state index is 12.2. The third-order valence-electron chi connectivity index (χ3n) is 3.42. The van der Waals surface area contributed by atoms with E-state index in [4.69, 9.17) is 23.2 Å². The van der Waals surface area contributed by atoms with E-state index in [2.05, 4.69) is 5.32 Å². The number of carbonyl (C=O) groups excluding carboxylic acids is 2. The Kier molecular flexibility index (Phi) is 7.17. The molecule has 0 fully saturated rings. The summed E-state index contributed by atoms with van der Waals surface area (Å²) in [4.78, 5) is 26.7. The zero-order valence-corrected chi connectivity index (χ0v) is 16.2. The Morgan fingerprint density at radius 2 is 1.68 bits per heavy atom. The minimum Gasteiger partial charge on any atom is -0.336 e. The van der Waals surface area contributed by atoms with E-state index in [0.717, 1.165) is 4.90 Å². The molecule has 0 atom stereocenters. The summed E-state index contributed by atoms with van der Waals surface area (Å²) >= 11 is 13.5. The van der Waals surface area contributed by atoms with Crippen molar-refractivity contribution in [3.63, 3.8) is 0 Å². The smallest absolute Gasteiger partial charge is 0.244 e. The molecule has 2 aromatic carbocycles. The van der Waals surface area contributed by atoms with Crippen molar-refractivity contribution in [2.75, 3.05) is 24.7 Å². The van der Waals surface area contributed by atoms with E-state index in [1.165, 1.54) is 22.2 Å². The quantitative estimate of drug-likeness (QED) is 0.731. The van der Waals surface area contributed by atoms with E-state index < -0.39 is 0 Å². The lowest BCUT2D eigenvalue weighted by molar-refractivity contribution is -0.131. The molecule has 0 radical (unpaired) electrons. The lowest BCUT2D eigenvalue weighted by Gasteiger charge is -2.17. The van der Waals surface area contributed by atoms with Crippen LogP contribution in [0.5, 0.6) is 0 Å². The number of likely N-dealkylation sites (N-methyl/N-ethyl adjacent to an activating group) is 1. The van der Waals surface area contributed by atoms with E-state index in [0.29, 0.717) is 15.7 Å². The molecule has 0 saturated heterocycles. The molecule has 2 rings (SSSR count). The second-order valence-corrected chi connectivity index (χ2v) is 7.36. The monoisotopic (exact) mass is 396 g/mol. The number of rotatable bonds is 6. The van der Waals surface area contributed by atoms with Gasteiger partial charge in [-0.1, -0.05) is 47.0 Å². The fraction of sp³-hybridized carbons (Fsp3) is 0.222. The van der Waals surface area contributed by atoms with Gasteiger partial charge in [0.2, 0.25) is 11.8 Å². The van der Waals surface area contributed by atoms with Crippen LogP contribution in [0.25, 0.3) is 0 Å². The fourth-order valence-corrected chi connectivity index (χ4v) is 3.32. The molecule has 0 aliphatic carbocycles. The van der Waals surface area contributed by atoms with E-state index in [-0.39, 0.29) is 24.1 Å². The molecule has 0 unspecified atom stereocenters. The number of carbonyl (C=O) groups is 2. The molecule has 25 heavy (non-hydrogen) atoms. The molecular formula is C18H18Cl2N2O2S. The second-order valence-electron chi connectivity index (χ2n) is 5.50. The predicted molar refractivity (Wildman–Crippen MR) is 105 cm³/mol. The summed E-state index contributed by atoms with van der Waals surface area (Å²) in [5, 5.41) is 3.34. The first-order valence-corrected chi connectivity index (χ1v) is 9.28. The molecule has 0 saturated carbocycles. The van der Waals surface area contributed by atoms with Crippen LogP contribution in [0.1, 0.15) is 5.56 Å². The van der Waals surface area contributed by atoms with Crippen LogP contribution in [0.4, 0.5) is 5.69 Å². The first kappa shape index (κ1) is 19.6. The Morgan fingerprint density at radius 1 is 1.08 bits per heavy atom. The third kappa shape index (κ3) is 5.96. The van der Waals surface area contributed by atoms with Gasteiger partial charge < -0.3 is 10.2 Å². The van der Waals surface area contributed by atoms with Gasteiger partial charge in [0.1, 0.15) is 0 Å². The largest absolute Gasteiger partial charge is 0.336 e. The minimum absolute atomic E-state index is 0.0746. The highest BCUT2D eigenvalue weighted by Crippen LogP contribution is 2.29. The number of nitrogens with zero attached hydrogens (tertiary/aromatic N) is 1. The Balaban J connectivity index is 1.85. The SMILES string of the molecule is Cc1ccc(SCC(=O)N(C)CC(=O)Nc2c(Cl)cccc2Cl)cc1. The van der Waals surface area contributed by atoms with Crippen molar-refractivity contribution in [3.05, 3.63) is 58.1 Å². The average molecular weight is 397 g/mol. The molecular weight excluding hydrogens is 379 g/mol. The molecule has 1 N–H and O–H groups in total. The molecule has 2 aromatic rings. The van der Waals surface area contributed by atoms with Crippen LogP contribution in [0.2, 0.25) is 10.0 Å². The van der Waals surface area contributed by atoms with Crippen LogP contribution in [0, 0.1) is 6.92 Å². The first-order chi connectivity index (χ1) is 11.9. The standard InChI is InChI=1S/C18H18Cl2N2O2S/c1-12-6-8-13(9-7-12)25-11-17(24)22(2)10-16(23)21-18-14(19)4-3-5-15(18)20/h3-9H,10-11H2,1-2H3,(H,21,23). The second kappa shape index (κ2) is 9.13. The van der Waals surface area contributed by atoms with Crippen molar-refractivity contribution in [3.8, 4) is 0 Å². The average Bonchev–Trinajstić information content (AvgIpc) is 2.57. The third-order valence-corrected chi connectivity index (χ3v) is 5.04. The van der Waals surface area contributed by atoms with Crippen molar-refractivity contribution in [2.24, 2.45) is 0 Å². The number of hydrogen-bond acceptors (Lipinski definition) is 3. The number of halogens is 2. The first-order valence-electron chi connectivity index (χ1n) is 7.54. The maximum atomic E-state index is 12.2. The highest BCUT2D eigenvalue weighted by Gasteiger charge is 2.15. The number of benzene rings is 2. The number of thioether (sulfide) groups is 1. The van der Waals surface area contributed by atoms with E-state index in [9.17, 15) is 9.59 Å². The van der Waals surface area contributed by atoms with E-state index in [1.54, 1.807) is 25.2 Å². The Hall–Kier alpha value is -1.69. The van der Waals surface area contributed by atoms with Crippen LogP contribution in [0.3, 0.4) is 0 Å². The number of para-hydroxylation sites is 1. The van der Waals surface area contributed by atoms with Crippen LogP contribution in [-0.4, -0.2) is 36.1 Å². The van der Waals surface area contributed by atoms with Crippen molar-refractivity contribution < 1.29 is 9.59 Å². The van der Waals surface area contributed by atoms with Crippen molar-refractivity contribution in [2.45, 2.75) is 11.8 Å². The minimum atomic E-state index is -0.355. The highest BCUT2D eigenvalue weighted by atomic mass is 35.5. The van der Waals surface area contributed by atoms with Gasteiger partial charge in [-0.25, -0.2) is 0 Å². The number of nitrogens with one attached hydrogen (secondary N) is 1. The predicted octanol–water partition coefficient (Wildman–Crippen LogP) is 4.49. The van der Waals surface area contributed by atoms with Gasteiger partial charge in [-0.3, -0.25) is 9.59 Å². The highest BCUT2D eigenvalue weighted by molar-refractivity contribution is 8.00. The summed E-state index contributed by atoms with van der Waals surface area (Å²) < 4.78 is 0. The fourth-order valence-electron chi connectivity index (χ4n) is 1.99. The maximum Gasteiger partial charge on any atom is 0.244 e. The molecule has 4 nitrogen and oxygen atoms in total. The van der Waals surface area contributed by atoms with Crippen LogP contribution in [0.15, 0.2) is 47.4 Å². The molecule has 0 bridgehead atoms. The summed E-state index contributed by atoms with van der Waals surface area (Å²) in [7, 11) is 1.59. The van der Waals surface area contributed by atoms with Crippen molar-refractivity contribution >= 4 is 52.5 Å². The van der Waals surface area contributed by atoms with Crippen LogP contribution < -0.4 is 5.32 Å². The summed E-state index contributed by atoms with van der Waals surface area (Å²) in [6.07, 6.45) is 0. The van der Waals surface area contributed by atoms with Gasteiger partial charge in [-0.05, 0) is 31.2 Å². The van der Waals surface area contributed by atoms with Gasteiger partial charge >= 0.3 is 0 Å². The molecule has 0 spiro atoms. The summed E-state index contributed by atoms with van der Waals surface area (Å²) in [6, 6.07) is 12.9. The zero-order chi connectivity index (χ0) is 18.4. The topological polar surface area (TPSA) is 49.4 Å². The van der Waals surface area contributed by atoms with Crippen LogP contribution >= 0.6 is 35.0 Å². The van der Waals surface area contributed by atoms with Gasteiger partial charge in [-0.15, -0.1) is 11.8 Å². The van der Waals surface area contributed by atoms with Gasteiger partial charge in [0.25, 0.3) is 0 Å². The molecule has 132 valence electrons. The van der Waals surface area contributed by atoms with Crippen molar-refractivity contribution in [1.29, 1.82) is 0 Å². The normalized spacial score (nSPS) is 10.4. The molecule has 0 aromatic heterocycles. The number of amides is 2. The number of hydrogen-bond donors (Lipinski definition) is 1. The van der Waals surface area contributed by atoms with Gasteiger partial charge in [0.15, 0.2) is 0 Å². The Morgan fingerprint density at radius 3 is 2.28 bits per heavy atom. The lowest BCUT2D eigenvalue weighted by atomic mass is 10.2. The molecule has 2 amide bonds. The molecule has 0 aliphatic heterocycles. The lowest BCUT2D eigenvalue weighted by Crippen LogP contribution is -2.36. The molecule has 7 heteroatoms. The van der Waals surface area contributed by atoms with Crippen molar-refractivity contribution in [1.82, 2.24) is 4.90 Å². The number of anilines is 1. The van der Waals surface area contributed by atoms with Crippen LogP contribution in [-0.2, 0) is 9.59 Å². The van der Waals surface area contributed by atoms with Gasteiger partial charge in [0.05, 0.1) is 28.0 Å².